The van der Waals surface area contributed by atoms with Crippen molar-refractivity contribution in [3.8, 4) is 5.75 Å². The average Bonchev–Trinajstić information content (AvgIpc) is 2.69. The number of non-ortho nitro benzene ring substituents is 1. The maximum Gasteiger partial charge on any atom is 0.421 e. The van der Waals surface area contributed by atoms with Gasteiger partial charge < -0.3 is 15.4 Å². The summed E-state index contributed by atoms with van der Waals surface area (Å²) in [7, 11) is 0. The van der Waals surface area contributed by atoms with Crippen molar-refractivity contribution in [3.63, 3.8) is 0 Å². The molecule has 0 atom stereocenters. The molecule has 30 heavy (non-hydrogen) atoms. The van der Waals surface area contributed by atoms with E-state index in [2.05, 4.69) is 20.6 Å². The van der Waals surface area contributed by atoms with E-state index >= 15 is 0 Å². The van der Waals surface area contributed by atoms with Gasteiger partial charge in [-0.3, -0.25) is 10.1 Å². The van der Waals surface area contributed by atoms with Gasteiger partial charge in [-0.2, -0.15) is 18.2 Å². The fraction of sp³-hybridized carbons (Fsp3) is 0.158. The van der Waals surface area contributed by atoms with E-state index in [1.54, 1.807) is 24.3 Å². The lowest BCUT2D eigenvalue weighted by atomic mass is 10.2. The predicted octanol–water partition coefficient (Wildman–Crippen LogP) is 5.29. The highest BCUT2D eigenvalue weighted by molar-refractivity contribution is 5.64. The molecular formula is C19H16F3N5O3. The third-order valence-electron chi connectivity index (χ3n) is 3.84. The summed E-state index contributed by atoms with van der Waals surface area (Å²) in [4.78, 5) is 17.9. The fourth-order valence-electron chi connectivity index (χ4n) is 2.51. The quantitative estimate of drug-likeness (QED) is 0.396. The molecule has 1 heterocycles. The Morgan fingerprint density at radius 3 is 2.47 bits per heavy atom. The largest absolute Gasteiger partial charge is 0.494 e. The number of nitro groups is 1. The molecule has 0 bridgehead atoms. The maximum absolute atomic E-state index is 13.4. The number of hydrogen-bond donors (Lipinski definition) is 2. The van der Waals surface area contributed by atoms with Crippen LogP contribution in [0.3, 0.4) is 0 Å². The molecule has 0 aliphatic carbocycles. The highest BCUT2D eigenvalue weighted by Gasteiger charge is 2.35. The van der Waals surface area contributed by atoms with Crippen LogP contribution < -0.4 is 15.4 Å². The number of halogens is 3. The zero-order valence-corrected chi connectivity index (χ0v) is 15.6. The molecule has 2 aromatic carbocycles. The number of nitro benzene ring substituents is 1. The molecule has 3 rings (SSSR count). The van der Waals surface area contributed by atoms with Crippen molar-refractivity contribution in [2.75, 3.05) is 17.2 Å². The predicted molar refractivity (Wildman–Crippen MR) is 104 cm³/mol. The molecule has 8 nitrogen and oxygen atoms in total. The first-order chi connectivity index (χ1) is 14.3. The molecule has 11 heteroatoms. The number of ether oxygens (including phenoxy) is 1. The Bertz CT molecular complexity index is 1040. The van der Waals surface area contributed by atoms with Crippen molar-refractivity contribution in [2.45, 2.75) is 13.1 Å². The van der Waals surface area contributed by atoms with Crippen LogP contribution in [0.4, 0.5) is 42.0 Å². The van der Waals surface area contributed by atoms with Crippen molar-refractivity contribution >= 4 is 28.8 Å². The topological polar surface area (TPSA) is 102 Å². The molecule has 0 spiro atoms. The van der Waals surface area contributed by atoms with Gasteiger partial charge >= 0.3 is 6.18 Å². The Labute approximate surface area is 168 Å². The molecule has 2 N–H and O–H groups in total. The third-order valence-corrected chi connectivity index (χ3v) is 3.84. The standard InChI is InChI=1S/C19H16F3N5O3/c1-2-30-15-8-6-12(7-9-15)25-18-23-11-16(19(20,21)22)17(26-18)24-13-4-3-5-14(10-13)27(28)29/h3-11H,2H2,1H3,(H2,23,24,25,26). The Morgan fingerprint density at radius 2 is 1.83 bits per heavy atom. The minimum atomic E-state index is -4.72. The van der Waals surface area contributed by atoms with Crippen LogP contribution in [0.2, 0.25) is 0 Å². The van der Waals surface area contributed by atoms with Crippen LogP contribution >= 0.6 is 0 Å². The van der Waals surface area contributed by atoms with Crippen LogP contribution in [0.5, 0.6) is 5.75 Å². The second kappa shape index (κ2) is 8.64. The molecule has 0 amide bonds. The number of nitrogens with one attached hydrogen (secondary N) is 2. The summed E-state index contributed by atoms with van der Waals surface area (Å²) in [5.74, 6) is 0.0240. The minimum absolute atomic E-state index is 0.0832. The van der Waals surface area contributed by atoms with Crippen molar-refractivity contribution in [1.29, 1.82) is 0 Å². The SMILES string of the molecule is CCOc1ccc(Nc2ncc(C(F)(F)F)c(Nc3cccc([N+](=O)[O-])c3)n2)cc1. The first kappa shape index (κ1) is 20.8. The second-order valence-electron chi connectivity index (χ2n) is 5.97. The van der Waals surface area contributed by atoms with Gasteiger partial charge in [-0.15, -0.1) is 0 Å². The molecule has 156 valence electrons. The van der Waals surface area contributed by atoms with Gasteiger partial charge in [-0.1, -0.05) is 6.07 Å². The summed E-state index contributed by atoms with van der Waals surface area (Å²) in [6.45, 7) is 2.35. The van der Waals surface area contributed by atoms with Gasteiger partial charge in [0.2, 0.25) is 5.95 Å². The summed E-state index contributed by atoms with van der Waals surface area (Å²) < 4.78 is 45.4. The molecule has 0 saturated heterocycles. The molecule has 0 aliphatic heterocycles. The van der Waals surface area contributed by atoms with E-state index in [1.165, 1.54) is 18.2 Å². The number of alkyl halides is 3. The van der Waals surface area contributed by atoms with Crippen molar-refractivity contribution in [2.24, 2.45) is 0 Å². The van der Waals surface area contributed by atoms with Gasteiger partial charge in [0.25, 0.3) is 5.69 Å². The van der Waals surface area contributed by atoms with Gasteiger partial charge in [0.05, 0.1) is 11.5 Å². The van der Waals surface area contributed by atoms with E-state index in [0.717, 1.165) is 6.07 Å². The lowest BCUT2D eigenvalue weighted by Crippen LogP contribution is -2.12. The first-order valence-corrected chi connectivity index (χ1v) is 8.72. The normalized spacial score (nSPS) is 11.1. The van der Waals surface area contributed by atoms with Crippen LogP contribution in [0.15, 0.2) is 54.7 Å². The Kier molecular flexibility index (Phi) is 6.00. The van der Waals surface area contributed by atoms with Crippen LogP contribution in [0.1, 0.15) is 12.5 Å². The zero-order chi connectivity index (χ0) is 21.7. The molecular weight excluding hydrogens is 403 g/mol. The van der Waals surface area contributed by atoms with E-state index in [-0.39, 0.29) is 17.3 Å². The van der Waals surface area contributed by atoms with Crippen LogP contribution in [0, 0.1) is 10.1 Å². The smallest absolute Gasteiger partial charge is 0.421 e. The van der Waals surface area contributed by atoms with Crippen LogP contribution in [-0.2, 0) is 6.18 Å². The Balaban J connectivity index is 1.90. The van der Waals surface area contributed by atoms with Crippen molar-refractivity contribution < 1.29 is 22.8 Å². The van der Waals surface area contributed by atoms with E-state index in [1.807, 2.05) is 6.92 Å². The lowest BCUT2D eigenvalue weighted by Gasteiger charge is -2.15. The molecule has 0 radical (unpaired) electrons. The van der Waals surface area contributed by atoms with Gasteiger partial charge in [0.1, 0.15) is 17.1 Å². The van der Waals surface area contributed by atoms with Gasteiger partial charge in [-0.05, 0) is 37.3 Å². The Morgan fingerprint density at radius 1 is 1.10 bits per heavy atom. The molecule has 0 unspecified atom stereocenters. The average molecular weight is 419 g/mol. The number of nitrogens with zero attached hydrogens (tertiary/aromatic N) is 3. The van der Waals surface area contributed by atoms with E-state index in [0.29, 0.717) is 24.2 Å². The highest BCUT2D eigenvalue weighted by atomic mass is 19.4. The fourth-order valence-corrected chi connectivity index (χ4v) is 2.51. The van der Waals surface area contributed by atoms with E-state index < -0.39 is 22.5 Å². The maximum atomic E-state index is 13.4. The van der Waals surface area contributed by atoms with Gasteiger partial charge in [0.15, 0.2) is 0 Å². The van der Waals surface area contributed by atoms with E-state index in [9.17, 15) is 23.3 Å². The second-order valence-corrected chi connectivity index (χ2v) is 5.97. The summed E-state index contributed by atoms with van der Waals surface area (Å²) in [6.07, 6.45) is -4.08. The van der Waals surface area contributed by atoms with Crippen molar-refractivity contribution in [1.82, 2.24) is 9.97 Å². The minimum Gasteiger partial charge on any atom is -0.494 e. The van der Waals surface area contributed by atoms with Gasteiger partial charge in [0, 0.05) is 29.7 Å². The Hall–Kier alpha value is -3.89. The summed E-state index contributed by atoms with van der Waals surface area (Å²) in [5, 5.41) is 16.2. The molecule has 0 aliphatic rings. The number of benzene rings is 2. The third kappa shape index (κ3) is 5.13. The van der Waals surface area contributed by atoms with E-state index in [4.69, 9.17) is 4.74 Å². The first-order valence-electron chi connectivity index (χ1n) is 8.72. The molecule has 3 aromatic rings. The monoisotopic (exact) mass is 419 g/mol. The number of aromatic nitrogens is 2. The summed E-state index contributed by atoms with van der Waals surface area (Å²) in [5.41, 5.74) is -0.749. The van der Waals surface area contributed by atoms with Crippen molar-refractivity contribution in [3.05, 3.63) is 70.4 Å². The van der Waals surface area contributed by atoms with Crippen LogP contribution in [0.25, 0.3) is 0 Å². The highest BCUT2D eigenvalue weighted by Crippen LogP contribution is 2.35. The number of rotatable bonds is 7. The van der Waals surface area contributed by atoms with Crippen LogP contribution in [-0.4, -0.2) is 21.5 Å². The number of anilines is 4. The summed E-state index contributed by atoms with van der Waals surface area (Å²) >= 11 is 0. The zero-order valence-electron chi connectivity index (χ0n) is 15.6. The lowest BCUT2D eigenvalue weighted by molar-refractivity contribution is -0.384. The molecule has 0 saturated carbocycles. The summed E-state index contributed by atoms with van der Waals surface area (Å²) in [6, 6.07) is 11.8. The molecule has 1 aromatic heterocycles. The number of hydrogen-bond acceptors (Lipinski definition) is 7. The molecule has 0 fully saturated rings. The van der Waals surface area contributed by atoms with Gasteiger partial charge in [-0.25, -0.2) is 4.98 Å².